The van der Waals surface area contributed by atoms with E-state index in [1.54, 1.807) is 24.3 Å². The summed E-state index contributed by atoms with van der Waals surface area (Å²) in [5.74, 6) is 0.227. The van der Waals surface area contributed by atoms with Crippen LogP contribution in [0.5, 0.6) is 23.0 Å². The van der Waals surface area contributed by atoms with Crippen LogP contribution >= 0.6 is 0 Å². The number of benzene rings is 2. The zero-order valence-corrected chi connectivity index (χ0v) is 20.7. The predicted octanol–water partition coefficient (Wildman–Crippen LogP) is 4.11. The van der Waals surface area contributed by atoms with E-state index in [9.17, 15) is 19.8 Å². The lowest BCUT2D eigenvalue weighted by molar-refractivity contribution is -0.155. The first-order chi connectivity index (χ1) is 16.7. The molecule has 2 N–H and O–H groups in total. The van der Waals surface area contributed by atoms with Crippen molar-refractivity contribution in [1.29, 1.82) is 0 Å². The molecular weight excluding hydrogens is 452 g/mol. The third-order valence-corrected chi connectivity index (χ3v) is 6.44. The molecule has 0 radical (unpaired) electrons. The van der Waals surface area contributed by atoms with Crippen molar-refractivity contribution < 1.29 is 38.7 Å². The number of hydrogen-bond donors (Lipinski definition) is 2. The van der Waals surface area contributed by atoms with E-state index in [2.05, 4.69) is 0 Å². The van der Waals surface area contributed by atoms with Gasteiger partial charge < -0.3 is 29.2 Å². The molecule has 35 heavy (non-hydrogen) atoms. The number of carbonyl (C=O) groups is 2. The van der Waals surface area contributed by atoms with Gasteiger partial charge >= 0.3 is 11.9 Å². The van der Waals surface area contributed by atoms with E-state index in [0.717, 1.165) is 29.5 Å². The number of esters is 2. The SMILES string of the molecule is COc1cc(CC[C@@H](C[C@@H](OC(C)=O)[C@@H]2CCc3cc(O)c(OC)cc3C2)OC(C)=O)ccc1O. The number of hydrogen-bond acceptors (Lipinski definition) is 8. The molecule has 0 unspecified atom stereocenters. The number of carbonyl (C=O) groups excluding carboxylic acids is 2. The highest BCUT2D eigenvalue weighted by molar-refractivity contribution is 5.66. The average Bonchev–Trinajstić information content (AvgIpc) is 2.81. The quantitative estimate of drug-likeness (QED) is 0.483. The lowest BCUT2D eigenvalue weighted by Crippen LogP contribution is -2.35. The summed E-state index contributed by atoms with van der Waals surface area (Å²) in [6, 6.07) is 8.70. The van der Waals surface area contributed by atoms with Gasteiger partial charge in [-0.05, 0) is 73.1 Å². The molecule has 8 heteroatoms. The third-order valence-electron chi connectivity index (χ3n) is 6.44. The van der Waals surface area contributed by atoms with Crippen LogP contribution in [-0.4, -0.2) is 48.6 Å². The molecule has 0 fully saturated rings. The van der Waals surface area contributed by atoms with Gasteiger partial charge in [-0.15, -0.1) is 0 Å². The summed E-state index contributed by atoms with van der Waals surface area (Å²) in [6.45, 7) is 2.75. The molecule has 190 valence electrons. The van der Waals surface area contributed by atoms with Crippen LogP contribution in [0.2, 0.25) is 0 Å². The highest BCUT2D eigenvalue weighted by Gasteiger charge is 2.32. The molecule has 0 heterocycles. The fraction of sp³-hybridized carbons (Fsp3) is 0.481. The number of aryl methyl sites for hydroxylation is 2. The Kier molecular flexibility index (Phi) is 8.84. The summed E-state index contributed by atoms with van der Waals surface area (Å²) < 4.78 is 21.8. The maximum Gasteiger partial charge on any atom is 0.302 e. The molecule has 1 aliphatic rings. The lowest BCUT2D eigenvalue weighted by atomic mass is 9.79. The number of phenolic OH excluding ortho intramolecular Hbond substituents is 2. The average molecular weight is 487 g/mol. The Morgan fingerprint density at radius 3 is 2.29 bits per heavy atom. The van der Waals surface area contributed by atoms with Gasteiger partial charge in [-0.2, -0.15) is 0 Å². The van der Waals surface area contributed by atoms with Crippen LogP contribution in [-0.2, 0) is 38.3 Å². The Morgan fingerprint density at radius 2 is 1.63 bits per heavy atom. The summed E-state index contributed by atoms with van der Waals surface area (Å²) in [5.41, 5.74) is 3.03. The maximum absolute atomic E-state index is 12.0. The van der Waals surface area contributed by atoms with Crippen molar-refractivity contribution in [2.24, 2.45) is 5.92 Å². The smallest absolute Gasteiger partial charge is 0.302 e. The van der Waals surface area contributed by atoms with Crippen molar-refractivity contribution in [3.05, 3.63) is 47.0 Å². The summed E-state index contributed by atoms with van der Waals surface area (Å²) >= 11 is 0. The normalized spacial score (nSPS) is 16.5. The van der Waals surface area contributed by atoms with Crippen molar-refractivity contribution in [3.63, 3.8) is 0 Å². The topological polar surface area (TPSA) is 112 Å². The molecule has 0 saturated carbocycles. The molecule has 3 rings (SSSR count). The van der Waals surface area contributed by atoms with E-state index < -0.39 is 18.2 Å². The van der Waals surface area contributed by atoms with E-state index in [1.165, 1.54) is 28.1 Å². The lowest BCUT2D eigenvalue weighted by Gasteiger charge is -2.33. The fourth-order valence-electron chi connectivity index (χ4n) is 4.76. The highest BCUT2D eigenvalue weighted by Crippen LogP contribution is 2.37. The number of rotatable bonds is 10. The van der Waals surface area contributed by atoms with Crippen molar-refractivity contribution >= 4 is 11.9 Å². The molecule has 2 aromatic carbocycles. The van der Waals surface area contributed by atoms with Gasteiger partial charge in [-0.1, -0.05) is 6.07 Å². The molecule has 1 aliphatic carbocycles. The van der Waals surface area contributed by atoms with Crippen molar-refractivity contribution in [2.45, 2.75) is 64.6 Å². The number of phenols is 2. The van der Waals surface area contributed by atoms with Crippen molar-refractivity contribution in [1.82, 2.24) is 0 Å². The second-order valence-corrected chi connectivity index (χ2v) is 8.96. The minimum Gasteiger partial charge on any atom is -0.504 e. The minimum atomic E-state index is -0.451. The third kappa shape index (κ3) is 7.04. The Balaban J connectivity index is 1.76. The number of aromatic hydroxyl groups is 2. The summed E-state index contributed by atoms with van der Waals surface area (Å²) in [7, 11) is 3.00. The van der Waals surface area contributed by atoms with Crippen LogP contribution in [0, 0.1) is 5.92 Å². The molecule has 0 spiro atoms. The van der Waals surface area contributed by atoms with E-state index in [4.69, 9.17) is 18.9 Å². The van der Waals surface area contributed by atoms with Gasteiger partial charge in [0.2, 0.25) is 0 Å². The first-order valence-corrected chi connectivity index (χ1v) is 11.8. The van der Waals surface area contributed by atoms with Gasteiger partial charge in [0.05, 0.1) is 14.2 Å². The molecule has 0 amide bonds. The second kappa shape index (κ2) is 11.8. The number of ether oxygens (including phenoxy) is 4. The molecular formula is C27H34O8. The molecule has 0 aliphatic heterocycles. The van der Waals surface area contributed by atoms with Gasteiger partial charge in [0.15, 0.2) is 23.0 Å². The standard InChI is InChI=1S/C27H34O8/c1-16(28)34-22(9-5-18-6-10-23(30)26(11-18)32-3)15-25(35-17(2)29)20-8-7-19-13-24(31)27(33-4)14-21(19)12-20/h6,10-11,13-14,20,22,25,30-31H,5,7-9,12,15H2,1-4H3/t20-,22+,25-/m1/s1. The molecule has 0 saturated heterocycles. The van der Waals surface area contributed by atoms with Crippen molar-refractivity contribution in [2.75, 3.05) is 14.2 Å². The van der Waals surface area contributed by atoms with Crippen LogP contribution in [0.3, 0.4) is 0 Å². The van der Waals surface area contributed by atoms with E-state index >= 15 is 0 Å². The van der Waals surface area contributed by atoms with Gasteiger partial charge in [0.1, 0.15) is 12.2 Å². The van der Waals surface area contributed by atoms with Crippen LogP contribution < -0.4 is 9.47 Å². The fourth-order valence-corrected chi connectivity index (χ4v) is 4.76. The van der Waals surface area contributed by atoms with Crippen molar-refractivity contribution in [3.8, 4) is 23.0 Å². The Morgan fingerprint density at radius 1 is 0.943 bits per heavy atom. The molecule has 2 aromatic rings. The Hall–Kier alpha value is -3.42. The monoisotopic (exact) mass is 486 g/mol. The van der Waals surface area contributed by atoms with Gasteiger partial charge in [-0.25, -0.2) is 0 Å². The predicted molar refractivity (Wildman–Crippen MR) is 129 cm³/mol. The Bertz CT molecular complexity index is 1050. The first-order valence-electron chi connectivity index (χ1n) is 11.8. The highest BCUT2D eigenvalue weighted by atomic mass is 16.6. The zero-order valence-electron chi connectivity index (χ0n) is 20.7. The van der Waals surface area contributed by atoms with Crippen LogP contribution in [0.4, 0.5) is 0 Å². The maximum atomic E-state index is 12.0. The summed E-state index contributed by atoms with van der Waals surface area (Å²) in [4.78, 5) is 23.8. The summed E-state index contributed by atoms with van der Waals surface area (Å²) in [5, 5.41) is 19.9. The largest absolute Gasteiger partial charge is 0.504 e. The van der Waals surface area contributed by atoms with E-state index in [-0.39, 0.29) is 23.4 Å². The van der Waals surface area contributed by atoms with Crippen LogP contribution in [0.25, 0.3) is 0 Å². The van der Waals surface area contributed by atoms with Gasteiger partial charge in [0, 0.05) is 26.2 Å². The number of methoxy groups -OCH3 is 2. The zero-order chi connectivity index (χ0) is 25.5. The number of fused-ring (bicyclic) bond motifs is 1. The van der Waals surface area contributed by atoms with Gasteiger partial charge in [-0.3, -0.25) is 9.59 Å². The van der Waals surface area contributed by atoms with E-state index in [0.29, 0.717) is 37.2 Å². The first kappa shape index (κ1) is 26.2. The molecule has 0 bridgehead atoms. The van der Waals surface area contributed by atoms with Crippen LogP contribution in [0.15, 0.2) is 30.3 Å². The summed E-state index contributed by atoms with van der Waals surface area (Å²) in [6.07, 6.45) is 2.78. The van der Waals surface area contributed by atoms with Gasteiger partial charge in [0.25, 0.3) is 0 Å². The second-order valence-electron chi connectivity index (χ2n) is 8.96. The van der Waals surface area contributed by atoms with E-state index in [1.807, 2.05) is 6.07 Å². The molecule has 8 nitrogen and oxygen atoms in total. The Labute approximate surface area is 205 Å². The molecule has 3 atom stereocenters. The molecule has 0 aromatic heterocycles. The van der Waals surface area contributed by atoms with Crippen LogP contribution in [0.1, 0.15) is 49.8 Å². The minimum absolute atomic E-state index is 0.0347.